The van der Waals surface area contributed by atoms with Gasteiger partial charge in [0.25, 0.3) is 5.56 Å². The maximum absolute atomic E-state index is 14.3. The molecule has 0 fully saturated rings. The van der Waals surface area contributed by atoms with E-state index < -0.39 is 0 Å². The van der Waals surface area contributed by atoms with E-state index in [-0.39, 0.29) is 11.6 Å². The van der Waals surface area contributed by atoms with Gasteiger partial charge in [-0.25, -0.2) is 4.99 Å². The summed E-state index contributed by atoms with van der Waals surface area (Å²) in [6.45, 7) is 2.12. The Bertz CT molecular complexity index is 2140. The van der Waals surface area contributed by atoms with Gasteiger partial charge in [0.15, 0.2) is 4.80 Å². The fourth-order valence-electron chi connectivity index (χ4n) is 6.22. The molecule has 0 saturated carbocycles. The van der Waals surface area contributed by atoms with Gasteiger partial charge in [0.2, 0.25) is 0 Å². The highest BCUT2D eigenvalue weighted by Crippen LogP contribution is 2.42. The molecule has 2 aliphatic rings. The molecule has 4 heterocycles. The summed E-state index contributed by atoms with van der Waals surface area (Å²) in [5.74, 6) is 0. The Hall–Kier alpha value is -4.26. The first-order valence-corrected chi connectivity index (χ1v) is 15.2. The maximum Gasteiger partial charge on any atom is 0.271 e. The van der Waals surface area contributed by atoms with E-state index in [9.17, 15) is 4.79 Å². The lowest BCUT2D eigenvalue weighted by Crippen LogP contribution is -2.38. The van der Waals surface area contributed by atoms with E-state index in [1.165, 1.54) is 38.5 Å². The predicted molar refractivity (Wildman–Crippen MR) is 166 cm³/mol. The maximum atomic E-state index is 14.3. The molecule has 6 heteroatoms. The molecule has 1 atom stereocenters. The molecular formula is C34H25N3OS2. The Morgan fingerprint density at radius 2 is 1.80 bits per heavy atom. The van der Waals surface area contributed by atoms with Gasteiger partial charge in [-0.1, -0.05) is 90.2 Å². The van der Waals surface area contributed by atoms with Gasteiger partial charge in [0.05, 0.1) is 22.0 Å². The number of nitrogens with one attached hydrogen (secondary N) is 1. The van der Waals surface area contributed by atoms with Crippen LogP contribution in [0.1, 0.15) is 39.6 Å². The van der Waals surface area contributed by atoms with Gasteiger partial charge in [0.1, 0.15) is 0 Å². The Balaban J connectivity index is 1.41. The monoisotopic (exact) mass is 555 g/mol. The van der Waals surface area contributed by atoms with Gasteiger partial charge in [-0.05, 0) is 59.6 Å². The molecule has 0 saturated heterocycles. The lowest BCUT2D eigenvalue weighted by atomic mass is 9.85. The number of hydrogen-bond acceptors (Lipinski definition) is 4. The molecule has 6 aromatic rings. The lowest BCUT2D eigenvalue weighted by molar-refractivity contribution is 0.593. The number of aromatic nitrogens is 2. The molecule has 40 heavy (non-hydrogen) atoms. The molecule has 1 N–H and O–H groups in total. The summed E-state index contributed by atoms with van der Waals surface area (Å²) >= 11 is 3.20. The molecule has 4 nitrogen and oxygen atoms in total. The molecule has 194 valence electrons. The van der Waals surface area contributed by atoms with Crippen molar-refractivity contribution in [3.63, 3.8) is 0 Å². The highest BCUT2D eigenvalue weighted by Gasteiger charge is 2.33. The zero-order chi connectivity index (χ0) is 26.8. The second-order valence-corrected chi connectivity index (χ2v) is 12.4. The van der Waals surface area contributed by atoms with E-state index in [4.69, 9.17) is 4.99 Å². The number of fused-ring (bicyclic) bond motifs is 4. The predicted octanol–water partition coefficient (Wildman–Crippen LogP) is 6.84. The van der Waals surface area contributed by atoms with Crippen LogP contribution in [0.3, 0.4) is 0 Å². The summed E-state index contributed by atoms with van der Waals surface area (Å²) in [7, 11) is 0. The van der Waals surface area contributed by atoms with Gasteiger partial charge < -0.3 is 4.98 Å². The minimum atomic E-state index is -0.124. The first-order chi connectivity index (χ1) is 19.7. The van der Waals surface area contributed by atoms with Crippen LogP contribution >= 0.6 is 22.7 Å². The molecule has 0 amide bonds. The van der Waals surface area contributed by atoms with E-state index in [0.29, 0.717) is 4.53 Å². The third-order valence-corrected chi connectivity index (χ3v) is 10.0. The van der Waals surface area contributed by atoms with Crippen LogP contribution < -0.4 is 14.9 Å². The Morgan fingerprint density at radius 3 is 2.65 bits per heavy atom. The van der Waals surface area contributed by atoms with E-state index in [1.54, 1.807) is 11.3 Å². The van der Waals surface area contributed by atoms with E-state index >= 15 is 0 Å². The lowest BCUT2D eigenvalue weighted by Gasteiger charge is -2.30. The van der Waals surface area contributed by atoms with Crippen LogP contribution in [0.15, 0.2) is 106 Å². The number of nitrogens with zero attached hydrogens (tertiary/aromatic N) is 2. The fourth-order valence-corrected chi connectivity index (χ4v) is 8.05. The van der Waals surface area contributed by atoms with Crippen molar-refractivity contribution in [3.8, 4) is 11.3 Å². The summed E-state index contributed by atoms with van der Waals surface area (Å²) in [5, 5.41) is 3.22. The second kappa shape index (κ2) is 9.15. The number of benzene rings is 3. The molecular weight excluding hydrogens is 531 g/mol. The third kappa shape index (κ3) is 3.56. The van der Waals surface area contributed by atoms with Gasteiger partial charge >= 0.3 is 0 Å². The summed E-state index contributed by atoms with van der Waals surface area (Å²) in [6, 6.07) is 29.4. The quantitative estimate of drug-likeness (QED) is 0.256. The number of hydrogen-bond donors (Lipinski definition) is 1. The van der Waals surface area contributed by atoms with Crippen molar-refractivity contribution in [1.29, 1.82) is 0 Å². The van der Waals surface area contributed by atoms with Crippen LogP contribution in [0.4, 0.5) is 0 Å². The van der Waals surface area contributed by atoms with Crippen molar-refractivity contribution in [3.05, 3.63) is 143 Å². The summed E-state index contributed by atoms with van der Waals surface area (Å²) in [4.78, 5) is 25.1. The SMILES string of the molecule is Cc1cccc2c(/C=c3/sc4n(c3=O)[C@H](c3cccs3)C3=C(N=4)c4ccccc4CC3)c(-c3ccccc3)[nH]c12. The number of thiazole rings is 1. The fraction of sp³-hybridized carbons (Fsp3) is 0.118. The standard InChI is InChI=1S/C34H25N3OS2/c1-20-9-7-14-24-26(30(35-29(20)24)22-11-3-2-4-12-22)19-28-33(38)37-32(27-15-8-18-39-27)25-17-16-21-10-5-6-13-23(21)31(25)36-34(37)40-28/h2-15,18-19,32,35H,16-17H2,1H3/b28-19+/t32-/m0/s1. The van der Waals surface area contributed by atoms with Crippen LogP contribution in [-0.4, -0.2) is 9.55 Å². The summed E-state index contributed by atoms with van der Waals surface area (Å²) < 4.78 is 2.64. The zero-order valence-electron chi connectivity index (χ0n) is 21.8. The van der Waals surface area contributed by atoms with Crippen molar-refractivity contribution >= 4 is 45.3 Å². The van der Waals surface area contributed by atoms with Gasteiger partial charge in [-0.15, -0.1) is 11.3 Å². The number of aryl methyl sites for hydroxylation is 2. The number of para-hydroxylation sites is 1. The number of rotatable bonds is 3. The highest BCUT2D eigenvalue weighted by atomic mass is 32.1. The molecule has 0 spiro atoms. The molecule has 1 aliphatic carbocycles. The highest BCUT2D eigenvalue weighted by molar-refractivity contribution is 7.10. The Labute approximate surface area is 238 Å². The van der Waals surface area contributed by atoms with Gasteiger partial charge in [-0.2, -0.15) is 0 Å². The van der Waals surface area contributed by atoms with Crippen LogP contribution in [0, 0.1) is 6.92 Å². The average molecular weight is 556 g/mol. The van der Waals surface area contributed by atoms with Gasteiger partial charge in [-0.3, -0.25) is 9.36 Å². The molecule has 0 bridgehead atoms. The van der Waals surface area contributed by atoms with Crippen molar-refractivity contribution in [2.45, 2.75) is 25.8 Å². The molecule has 3 aromatic carbocycles. The molecule has 1 aliphatic heterocycles. The average Bonchev–Trinajstić information content (AvgIpc) is 3.72. The van der Waals surface area contributed by atoms with E-state index in [1.807, 2.05) is 10.6 Å². The third-order valence-electron chi connectivity index (χ3n) is 8.11. The van der Waals surface area contributed by atoms with Crippen LogP contribution in [-0.2, 0) is 6.42 Å². The second-order valence-electron chi connectivity index (χ2n) is 10.4. The summed E-state index contributed by atoms with van der Waals surface area (Å²) in [5.41, 5.74) is 10.3. The zero-order valence-corrected chi connectivity index (χ0v) is 23.5. The Kier molecular flexibility index (Phi) is 5.40. The number of H-pyrrole nitrogens is 1. The van der Waals surface area contributed by atoms with Crippen LogP contribution in [0.5, 0.6) is 0 Å². The first-order valence-electron chi connectivity index (χ1n) is 13.5. The van der Waals surface area contributed by atoms with E-state index in [2.05, 4.69) is 102 Å². The van der Waals surface area contributed by atoms with Crippen molar-refractivity contribution in [2.24, 2.45) is 4.99 Å². The normalized spacial score (nSPS) is 16.5. The van der Waals surface area contributed by atoms with Crippen molar-refractivity contribution in [2.75, 3.05) is 0 Å². The molecule has 0 radical (unpaired) electrons. The van der Waals surface area contributed by atoms with Crippen LogP contribution in [0.2, 0.25) is 0 Å². The number of thiophene rings is 1. The number of aromatic amines is 1. The Morgan fingerprint density at radius 1 is 0.950 bits per heavy atom. The molecule has 8 rings (SSSR count). The topological polar surface area (TPSA) is 50.1 Å². The minimum Gasteiger partial charge on any atom is -0.354 e. The number of allylic oxidation sites excluding steroid dienone is 1. The van der Waals surface area contributed by atoms with Crippen molar-refractivity contribution in [1.82, 2.24) is 9.55 Å². The summed E-state index contributed by atoms with van der Waals surface area (Å²) in [6.07, 6.45) is 3.95. The van der Waals surface area contributed by atoms with Gasteiger partial charge in [0, 0.05) is 26.9 Å². The smallest absolute Gasteiger partial charge is 0.271 e. The van der Waals surface area contributed by atoms with Crippen LogP contribution in [0.25, 0.3) is 33.9 Å². The molecule has 0 unspecified atom stereocenters. The first kappa shape index (κ1) is 23.6. The van der Waals surface area contributed by atoms with Crippen molar-refractivity contribution < 1.29 is 0 Å². The minimum absolute atomic E-state index is 0.0218. The van der Waals surface area contributed by atoms with E-state index in [0.717, 1.165) is 51.1 Å². The molecule has 3 aromatic heterocycles. The largest absolute Gasteiger partial charge is 0.354 e.